The Morgan fingerprint density at radius 1 is 1.23 bits per heavy atom. The number of carbonyl (C=O) groups is 2. The summed E-state index contributed by atoms with van der Waals surface area (Å²) < 4.78 is 11.0. The number of aryl methyl sites for hydroxylation is 1. The SMILES string of the molecule is C=CCNC(=O)c1oc(CCC(=O)OC/C(C)=C/C(C)CC=C)nc1-c1ccccc1. The van der Waals surface area contributed by atoms with Gasteiger partial charge in [-0.3, -0.25) is 9.59 Å². The molecule has 1 unspecified atom stereocenters. The number of ether oxygens (including phenoxy) is 1. The minimum atomic E-state index is -0.380. The highest BCUT2D eigenvalue weighted by Crippen LogP contribution is 2.24. The first-order valence-corrected chi connectivity index (χ1v) is 10.3. The number of benzene rings is 1. The van der Waals surface area contributed by atoms with Crippen molar-refractivity contribution in [3.05, 3.63) is 78.9 Å². The van der Waals surface area contributed by atoms with E-state index in [2.05, 4.69) is 36.5 Å². The highest BCUT2D eigenvalue weighted by molar-refractivity contribution is 5.97. The van der Waals surface area contributed by atoms with Gasteiger partial charge in [-0.15, -0.1) is 13.2 Å². The van der Waals surface area contributed by atoms with Crippen molar-refractivity contribution in [2.45, 2.75) is 33.1 Å². The molecule has 0 aliphatic rings. The number of oxazole rings is 1. The largest absolute Gasteiger partial charge is 0.461 e. The second-order valence-corrected chi connectivity index (χ2v) is 7.33. The molecule has 0 saturated carbocycles. The van der Waals surface area contributed by atoms with Crippen molar-refractivity contribution in [1.29, 1.82) is 0 Å². The van der Waals surface area contributed by atoms with Crippen LogP contribution in [0.2, 0.25) is 0 Å². The Labute approximate surface area is 183 Å². The Hall–Kier alpha value is -3.41. The van der Waals surface area contributed by atoms with Gasteiger partial charge in [0.05, 0.1) is 6.42 Å². The summed E-state index contributed by atoms with van der Waals surface area (Å²) in [5.41, 5.74) is 2.20. The lowest BCUT2D eigenvalue weighted by Gasteiger charge is -2.07. The Kier molecular flexibility index (Phi) is 9.49. The van der Waals surface area contributed by atoms with Crippen LogP contribution in [0.25, 0.3) is 11.3 Å². The molecule has 0 aliphatic heterocycles. The molecular formula is C25H30N2O4. The molecule has 1 amide bonds. The van der Waals surface area contributed by atoms with E-state index in [0.717, 1.165) is 17.6 Å². The fraction of sp³-hybridized carbons (Fsp3) is 0.320. The number of esters is 1. The Balaban J connectivity index is 2.02. The van der Waals surface area contributed by atoms with Crippen molar-refractivity contribution in [3.8, 4) is 11.3 Å². The first-order valence-electron chi connectivity index (χ1n) is 10.3. The maximum Gasteiger partial charge on any atom is 0.306 e. The lowest BCUT2D eigenvalue weighted by Crippen LogP contribution is -2.23. The maximum absolute atomic E-state index is 12.5. The number of nitrogens with one attached hydrogen (secondary N) is 1. The molecule has 1 N–H and O–H groups in total. The van der Waals surface area contributed by atoms with E-state index < -0.39 is 0 Å². The molecule has 31 heavy (non-hydrogen) atoms. The van der Waals surface area contributed by atoms with Crippen LogP contribution in [0.4, 0.5) is 0 Å². The molecular weight excluding hydrogens is 392 g/mol. The first kappa shape index (κ1) is 23.9. The van der Waals surface area contributed by atoms with Crippen molar-refractivity contribution in [1.82, 2.24) is 10.3 Å². The number of allylic oxidation sites excluding steroid dienone is 2. The van der Waals surface area contributed by atoms with E-state index in [-0.39, 0.29) is 37.1 Å². The topological polar surface area (TPSA) is 81.4 Å². The molecule has 1 heterocycles. The molecule has 1 aromatic carbocycles. The van der Waals surface area contributed by atoms with Crippen LogP contribution < -0.4 is 5.32 Å². The highest BCUT2D eigenvalue weighted by atomic mass is 16.5. The maximum atomic E-state index is 12.5. The predicted molar refractivity (Wildman–Crippen MR) is 121 cm³/mol. The molecule has 1 aromatic heterocycles. The van der Waals surface area contributed by atoms with E-state index in [9.17, 15) is 9.59 Å². The Bertz CT molecular complexity index is 928. The molecule has 6 nitrogen and oxygen atoms in total. The normalized spacial score (nSPS) is 12.1. The molecule has 0 spiro atoms. The second-order valence-electron chi connectivity index (χ2n) is 7.33. The van der Waals surface area contributed by atoms with Gasteiger partial charge in [0.15, 0.2) is 5.89 Å². The quantitative estimate of drug-likeness (QED) is 0.389. The zero-order chi connectivity index (χ0) is 22.6. The third kappa shape index (κ3) is 7.74. The van der Waals surface area contributed by atoms with Gasteiger partial charge in [0.2, 0.25) is 5.76 Å². The van der Waals surface area contributed by atoms with E-state index in [1.54, 1.807) is 6.08 Å². The van der Waals surface area contributed by atoms with Crippen LogP contribution in [0, 0.1) is 5.92 Å². The van der Waals surface area contributed by atoms with Crippen LogP contribution in [0.5, 0.6) is 0 Å². The number of carbonyl (C=O) groups excluding carboxylic acids is 2. The average Bonchev–Trinajstić information content (AvgIpc) is 3.20. The van der Waals surface area contributed by atoms with Crippen molar-refractivity contribution in [3.63, 3.8) is 0 Å². The summed E-state index contributed by atoms with van der Waals surface area (Å²) in [7, 11) is 0. The third-order valence-corrected chi connectivity index (χ3v) is 4.44. The van der Waals surface area contributed by atoms with Crippen LogP contribution in [0.1, 0.15) is 43.1 Å². The molecule has 0 radical (unpaired) electrons. The van der Waals surface area contributed by atoms with Gasteiger partial charge in [0, 0.05) is 18.5 Å². The van der Waals surface area contributed by atoms with Crippen LogP contribution in [0.15, 0.2) is 71.7 Å². The number of rotatable bonds is 12. The smallest absolute Gasteiger partial charge is 0.306 e. The molecule has 1 atom stereocenters. The zero-order valence-electron chi connectivity index (χ0n) is 18.2. The fourth-order valence-corrected chi connectivity index (χ4v) is 3.00. The van der Waals surface area contributed by atoms with Crippen molar-refractivity contribution in [2.24, 2.45) is 5.92 Å². The molecule has 6 heteroatoms. The zero-order valence-corrected chi connectivity index (χ0v) is 18.2. The summed E-state index contributed by atoms with van der Waals surface area (Å²) in [4.78, 5) is 29.1. The van der Waals surface area contributed by atoms with Gasteiger partial charge in [0.25, 0.3) is 5.91 Å². The Morgan fingerprint density at radius 3 is 2.65 bits per heavy atom. The van der Waals surface area contributed by atoms with Gasteiger partial charge in [0.1, 0.15) is 12.3 Å². The van der Waals surface area contributed by atoms with Gasteiger partial charge in [-0.1, -0.05) is 55.5 Å². The highest BCUT2D eigenvalue weighted by Gasteiger charge is 2.21. The molecule has 0 aliphatic carbocycles. The van der Waals surface area contributed by atoms with Gasteiger partial charge >= 0.3 is 5.97 Å². The van der Waals surface area contributed by atoms with E-state index in [1.807, 2.05) is 43.3 Å². The van der Waals surface area contributed by atoms with E-state index in [1.165, 1.54) is 0 Å². The lowest BCUT2D eigenvalue weighted by atomic mass is 10.1. The second kappa shape index (κ2) is 12.3. The number of hydrogen-bond acceptors (Lipinski definition) is 5. The monoisotopic (exact) mass is 422 g/mol. The number of amides is 1. The molecule has 2 rings (SSSR count). The standard InChI is InChI=1S/C25H30N2O4/c1-5-10-18(3)16-19(4)17-30-22(28)14-13-21-27-23(20-11-8-7-9-12-20)24(31-21)25(29)26-15-6-2/h5-9,11-12,16,18H,1-2,10,13-15,17H2,3-4H3,(H,26,29)/b19-16+. The third-order valence-electron chi connectivity index (χ3n) is 4.44. The van der Waals surface area contributed by atoms with E-state index in [0.29, 0.717) is 24.0 Å². The van der Waals surface area contributed by atoms with Crippen molar-refractivity contribution in [2.75, 3.05) is 13.2 Å². The van der Waals surface area contributed by atoms with Crippen LogP contribution in [-0.4, -0.2) is 30.0 Å². The van der Waals surface area contributed by atoms with Crippen molar-refractivity contribution < 1.29 is 18.7 Å². The summed E-state index contributed by atoms with van der Waals surface area (Å²) >= 11 is 0. The van der Waals surface area contributed by atoms with Gasteiger partial charge in [-0.25, -0.2) is 4.98 Å². The van der Waals surface area contributed by atoms with E-state index in [4.69, 9.17) is 9.15 Å². The molecule has 164 valence electrons. The molecule has 0 bridgehead atoms. The Morgan fingerprint density at radius 2 is 1.97 bits per heavy atom. The predicted octanol–water partition coefficient (Wildman–Crippen LogP) is 4.89. The van der Waals surface area contributed by atoms with Crippen LogP contribution >= 0.6 is 0 Å². The average molecular weight is 423 g/mol. The number of nitrogens with zero attached hydrogens (tertiary/aromatic N) is 1. The van der Waals surface area contributed by atoms with Crippen LogP contribution in [-0.2, 0) is 16.0 Å². The molecule has 0 saturated heterocycles. The minimum Gasteiger partial charge on any atom is -0.461 e. The fourth-order valence-electron chi connectivity index (χ4n) is 3.00. The lowest BCUT2D eigenvalue weighted by molar-refractivity contribution is -0.142. The summed E-state index contributed by atoms with van der Waals surface area (Å²) in [6, 6.07) is 9.30. The first-order chi connectivity index (χ1) is 14.9. The summed E-state index contributed by atoms with van der Waals surface area (Å²) in [5.74, 6) is 0.0548. The minimum absolute atomic E-state index is 0.109. The summed E-state index contributed by atoms with van der Waals surface area (Å²) in [6.07, 6.45) is 6.75. The summed E-state index contributed by atoms with van der Waals surface area (Å²) in [5, 5.41) is 2.70. The molecule has 2 aromatic rings. The van der Waals surface area contributed by atoms with Gasteiger partial charge in [-0.05, 0) is 24.8 Å². The number of aromatic nitrogens is 1. The van der Waals surface area contributed by atoms with Gasteiger partial charge < -0.3 is 14.5 Å². The summed E-state index contributed by atoms with van der Waals surface area (Å²) in [6.45, 7) is 11.9. The van der Waals surface area contributed by atoms with Gasteiger partial charge in [-0.2, -0.15) is 0 Å². The van der Waals surface area contributed by atoms with Crippen LogP contribution in [0.3, 0.4) is 0 Å². The molecule has 0 fully saturated rings. The van der Waals surface area contributed by atoms with Crippen molar-refractivity contribution >= 4 is 11.9 Å². The number of hydrogen-bond donors (Lipinski definition) is 1. The van der Waals surface area contributed by atoms with E-state index >= 15 is 0 Å².